The number of urea groups is 1. The number of hydrogen-bond acceptors (Lipinski definition) is 4. The minimum Gasteiger partial charge on any atom is -0.480 e. The Morgan fingerprint density at radius 3 is 2.50 bits per heavy atom. The molecule has 1 unspecified atom stereocenters. The molecular formula is C11H18N2O5. The van der Waals surface area contributed by atoms with Crippen LogP contribution in [0.15, 0.2) is 0 Å². The second kappa shape index (κ2) is 5.24. The maximum atomic E-state index is 11.9. The molecule has 0 aliphatic carbocycles. The number of carbonyl (C=O) groups excluding carboxylic acids is 2. The van der Waals surface area contributed by atoms with E-state index in [1.165, 1.54) is 25.9 Å². The summed E-state index contributed by atoms with van der Waals surface area (Å²) in [5, 5.41) is 11.3. The lowest BCUT2D eigenvalue weighted by atomic mass is 10.1. The second-order valence-electron chi connectivity index (χ2n) is 4.73. The fraction of sp³-hybridized carbons (Fsp3) is 0.727. The lowest BCUT2D eigenvalue weighted by molar-refractivity contribution is -0.144. The smallest absolute Gasteiger partial charge is 0.328 e. The van der Waals surface area contributed by atoms with Crippen molar-refractivity contribution in [2.75, 3.05) is 13.7 Å². The summed E-state index contributed by atoms with van der Waals surface area (Å²) in [5.41, 5.74) is -1.37. The summed E-state index contributed by atoms with van der Waals surface area (Å²) in [4.78, 5) is 35.6. The number of likely N-dealkylation sites (tertiary alicyclic amines) is 1. The molecule has 0 saturated carbocycles. The molecule has 2 amide bonds. The number of aliphatic carboxylic acids is 1. The molecule has 7 nitrogen and oxygen atoms in total. The van der Waals surface area contributed by atoms with Gasteiger partial charge >= 0.3 is 18.0 Å². The predicted octanol–water partition coefficient (Wildman–Crippen LogP) is 0.197. The number of ether oxygens (including phenoxy) is 1. The van der Waals surface area contributed by atoms with Crippen LogP contribution in [-0.4, -0.2) is 53.2 Å². The summed E-state index contributed by atoms with van der Waals surface area (Å²) in [6.07, 6.45) is 1.23. The van der Waals surface area contributed by atoms with E-state index in [9.17, 15) is 14.4 Å². The number of nitrogens with zero attached hydrogens (tertiary/aromatic N) is 1. The number of carboxylic acid groups (broad SMARTS) is 1. The van der Waals surface area contributed by atoms with Crippen molar-refractivity contribution in [1.82, 2.24) is 10.2 Å². The molecule has 0 radical (unpaired) electrons. The first-order valence-corrected chi connectivity index (χ1v) is 5.69. The van der Waals surface area contributed by atoms with Gasteiger partial charge < -0.3 is 20.1 Å². The fourth-order valence-corrected chi connectivity index (χ4v) is 1.78. The van der Waals surface area contributed by atoms with Gasteiger partial charge in [-0.3, -0.25) is 0 Å². The van der Waals surface area contributed by atoms with E-state index in [1.807, 2.05) is 0 Å². The maximum Gasteiger partial charge on any atom is 0.328 e. The third-order valence-electron chi connectivity index (χ3n) is 2.94. The molecule has 7 heteroatoms. The molecule has 2 N–H and O–H groups in total. The first-order valence-electron chi connectivity index (χ1n) is 5.69. The summed E-state index contributed by atoms with van der Waals surface area (Å²) in [5.74, 6) is -1.61. The summed E-state index contributed by atoms with van der Waals surface area (Å²) < 4.78 is 4.62. The Labute approximate surface area is 105 Å². The van der Waals surface area contributed by atoms with Crippen molar-refractivity contribution in [2.45, 2.75) is 38.3 Å². The minimum atomic E-state index is -1.37. The number of hydrogen-bond donors (Lipinski definition) is 2. The number of esters is 1. The van der Waals surface area contributed by atoms with Crippen molar-refractivity contribution in [2.24, 2.45) is 0 Å². The van der Waals surface area contributed by atoms with Gasteiger partial charge in [0.2, 0.25) is 0 Å². The maximum absolute atomic E-state index is 11.9. The number of amides is 2. The third-order valence-corrected chi connectivity index (χ3v) is 2.94. The lowest BCUT2D eigenvalue weighted by Crippen LogP contribution is -2.56. The van der Waals surface area contributed by atoms with Gasteiger partial charge in [0.05, 0.1) is 7.11 Å². The first kappa shape index (κ1) is 14.3. The van der Waals surface area contributed by atoms with E-state index in [0.717, 1.165) is 0 Å². The highest BCUT2D eigenvalue weighted by Crippen LogP contribution is 2.19. The topological polar surface area (TPSA) is 95.9 Å². The summed E-state index contributed by atoms with van der Waals surface area (Å²) in [6, 6.07) is -1.19. The third kappa shape index (κ3) is 2.91. The molecule has 1 aliphatic heterocycles. The van der Waals surface area contributed by atoms with Gasteiger partial charge in [0.1, 0.15) is 11.6 Å². The van der Waals surface area contributed by atoms with Gasteiger partial charge in [0.15, 0.2) is 0 Å². The van der Waals surface area contributed by atoms with Crippen LogP contribution in [0.5, 0.6) is 0 Å². The van der Waals surface area contributed by atoms with E-state index in [0.29, 0.717) is 19.4 Å². The number of methoxy groups -OCH3 is 1. The van der Waals surface area contributed by atoms with Crippen LogP contribution in [0.25, 0.3) is 0 Å². The van der Waals surface area contributed by atoms with Crippen molar-refractivity contribution in [3.05, 3.63) is 0 Å². The monoisotopic (exact) mass is 258 g/mol. The predicted molar refractivity (Wildman–Crippen MR) is 62.0 cm³/mol. The molecular weight excluding hydrogens is 240 g/mol. The van der Waals surface area contributed by atoms with Gasteiger partial charge in [-0.25, -0.2) is 14.4 Å². The average Bonchev–Trinajstić information content (AvgIpc) is 2.76. The highest BCUT2D eigenvalue weighted by atomic mass is 16.5. The molecule has 1 fully saturated rings. The van der Waals surface area contributed by atoms with Crippen molar-refractivity contribution in [3.8, 4) is 0 Å². The average molecular weight is 258 g/mol. The quantitative estimate of drug-likeness (QED) is 0.705. The van der Waals surface area contributed by atoms with Crippen LogP contribution in [0.3, 0.4) is 0 Å². The molecule has 0 aromatic heterocycles. The Hall–Kier alpha value is -1.79. The van der Waals surface area contributed by atoms with Crippen molar-refractivity contribution >= 4 is 18.0 Å². The Morgan fingerprint density at radius 2 is 2.00 bits per heavy atom. The molecule has 18 heavy (non-hydrogen) atoms. The molecule has 0 bridgehead atoms. The van der Waals surface area contributed by atoms with Crippen LogP contribution in [0.4, 0.5) is 4.79 Å². The minimum absolute atomic E-state index is 0.418. The largest absolute Gasteiger partial charge is 0.480 e. The number of rotatable bonds is 3. The van der Waals surface area contributed by atoms with E-state index in [2.05, 4.69) is 10.1 Å². The molecule has 0 aromatic carbocycles. The lowest BCUT2D eigenvalue weighted by Gasteiger charge is -2.28. The number of carbonyl (C=O) groups is 3. The summed E-state index contributed by atoms with van der Waals surface area (Å²) in [7, 11) is 1.26. The van der Waals surface area contributed by atoms with E-state index in [4.69, 9.17) is 5.11 Å². The Bertz CT molecular complexity index is 366. The van der Waals surface area contributed by atoms with Crippen molar-refractivity contribution in [1.29, 1.82) is 0 Å². The van der Waals surface area contributed by atoms with Crippen molar-refractivity contribution < 1.29 is 24.2 Å². The van der Waals surface area contributed by atoms with Crippen LogP contribution >= 0.6 is 0 Å². The number of nitrogens with one attached hydrogen (secondary N) is 1. The van der Waals surface area contributed by atoms with E-state index in [1.54, 1.807) is 0 Å². The van der Waals surface area contributed by atoms with Gasteiger partial charge in [-0.05, 0) is 26.7 Å². The van der Waals surface area contributed by atoms with Gasteiger partial charge in [-0.15, -0.1) is 0 Å². The summed E-state index contributed by atoms with van der Waals surface area (Å²) in [6.45, 7) is 3.19. The molecule has 0 aromatic rings. The van der Waals surface area contributed by atoms with Crippen LogP contribution < -0.4 is 5.32 Å². The van der Waals surface area contributed by atoms with Crippen LogP contribution in [0.2, 0.25) is 0 Å². The zero-order valence-corrected chi connectivity index (χ0v) is 10.7. The molecule has 0 spiro atoms. The molecule has 1 heterocycles. The second-order valence-corrected chi connectivity index (χ2v) is 4.73. The molecule has 1 saturated heterocycles. The van der Waals surface area contributed by atoms with E-state index >= 15 is 0 Å². The van der Waals surface area contributed by atoms with Crippen LogP contribution in [-0.2, 0) is 14.3 Å². The molecule has 1 rings (SSSR count). The van der Waals surface area contributed by atoms with Crippen LogP contribution in [0, 0.1) is 0 Å². The molecule has 102 valence electrons. The summed E-state index contributed by atoms with van der Waals surface area (Å²) >= 11 is 0. The molecule has 1 aliphatic rings. The standard InChI is InChI=1S/C11H18N2O5/c1-11(2,9(15)16)12-10(17)13-6-4-5-7(13)8(14)18-3/h7H,4-6H2,1-3H3,(H,12,17)(H,15,16). The van der Waals surface area contributed by atoms with Crippen molar-refractivity contribution in [3.63, 3.8) is 0 Å². The van der Waals surface area contributed by atoms with E-state index in [-0.39, 0.29) is 0 Å². The zero-order valence-electron chi connectivity index (χ0n) is 10.7. The van der Waals surface area contributed by atoms with Gasteiger partial charge in [-0.2, -0.15) is 0 Å². The zero-order chi connectivity index (χ0) is 13.9. The Kier molecular flexibility index (Phi) is 4.15. The molecule has 1 atom stereocenters. The SMILES string of the molecule is COC(=O)C1CCCN1C(=O)NC(C)(C)C(=O)O. The highest BCUT2D eigenvalue weighted by molar-refractivity contribution is 5.88. The first-order chi connectivity index (χ1) is 8.29. The highest BCUT2D eigenvalue weighted by Gasteiger charge is 2.38. The van der Waals surface area contributed by atoms with Gasteiger partial charge in [-0.1, -0.05) is 0 Å². The number of carboxylic acids is 1. The fourth-order valence-electron chi connectivity index (χ4n) is 1.78. The Morgan fingerprint density at radius 1 is 1.39 bits per heavy atom. The van der Waals surface area contributed by atoms with Gasteiger partial charge in [0, 0.05) is 6.54 Å². The van der Waals surface area contributed by atoms with E-state index < -0.39 is 29.6 Å². The van der Waals surface area contributed by atoms with Gasteiger partial charge in [0.25, 0.3) is 0 Å². The Balaban J connectivity index is 2.72. The van der Waals surface area contributed by atoms with Crippen LogP contribution in [0.1, 0.15) is 26.7 Å². The normalized spacial score (nSPS) is 19.5.